The Bertz CT molecular complexity index is 482. The molecule has 0 aliphatic carbocycles. The molecular formula is C16H22FNO. The van der Waals surface area contributed by atoms with Crippen molar-refractivity contribution < 1.29 is 9.18 Å². The topological polar surface area (TPSA) is 20.3 Å². The van der Waals surface area contributed by atoms with Gasteiger partial charge in [0.25, 0.3) is 0 Å². The maximum Gasteiger partial charge on any atom is 0.225 e. The summed E-state index contributed by atoms with van der Waals surface area (Å²) in [7, 11) is 0. The lowest BCUT2D eigenvalue weighted by atomic mass is 9.87. The summed E-state index contributed by atoms with van der Waals surface area (Å²) in [5.41, 5.74) is 2.12. The largest absolute Gasteiger partial charge is 0.335 e. The molecular weight excluding hydrogens is 241 g/mol. The number of hydrogen-bond acceptors (Lipinski definition) is 1. The third-order valence-electron chi connectivity index (χ3n) is 3.88. The highest BCUT2D eigenvalue weighted by Crippen LogP contribution is 2.29. The standard InChI is InChI=1S/C16H22FNO/c1-10(2)15-8-12-5-6-14(17)7-13(12)9-18(15)16(19)11(3)4/h5-7,10-11,15H,8-9H2,1-4H3. The molecule has 1 unspecified atom stereocenters. The number of carbonyl (C=O) groups is 1. The van der Waals surface area contributed by atoms with E-state index in [1.54, 1.807) is 6.07 Å². The van der Waals surface area contributed by atoms with Gasteiger partial charge in [0.1, 0.15) is 5.82 Å². The molecule has 0 aromatic heterocycles. The van der Waals surface area contributed by atoms with Gasteiger partial charge in [0, 0.05) is 18.5 Å². The van der Waals surface area contributed by atoms with Gasteiger partial charge in [0.15, 0.2) is 0 Å². The first kappa shape index (κ1) is 14.0. The Labute approximate surface area is 114 Å². The van der Waals surface area contributed by atoms with Crippen LogP contribution in [0.25, 0.3) is 0 Å². The van der Waals surface area contributed by atoms with E-state index in [9.17, 15) is 9.18 Å². The Hall–Kier alpha value is -1.38. The van der Waals surface area contributed by atoms with Crippen molar-refractivity contribution in [3.63, 3.8) is 0 Å². The van der Waals surface area contributed by atoms with E-state index in [0.29, 0.717) is 12.5 Å². The first-order valence-electron chi connectivity index (χ1n) is 6.98. The number of fused-ring (bicyclic) bond motifs is 1. The molecule has 2 rings (SSSR count). The molecule has 1 aliphatic rings. The molecule has 3 heteroatoms. The third-order valence-corrected chi connectivity index (χ3v) is 3.88. The molecule has 2 nitrogen and oxygen atoms in total. The fourth-order valence-corrected chi connectivity index (χ4v) is 2.75. The second-order valence-electron chi connectivity index (χ2n) is 6.05. The van der Waals surface area contributed by atoms with Crippen molar-refractivity contribution >= 4 is 5.91 Å². The molecule has 0 radical (unpaired) electrons. The molecule has 0 spiro atoms. The second-order valence-corrected chi connectivity index (χ2v) is 6.05. The summed E-state index contributed by atoms with van der Waals surface area (Å²) < 4.78 is 13.3. The maximum absolute atomic E-state index is 13.3. The molecule has 0 N–H and O–H groups in total. The number of nitrogens with zero attached hydrogens (tertiary/aromatic N) is 1. The first-order valence-corrected chi connectivity index (χ1v) is 6.98. The number of halogens is 1. The van der Waals surface area contributed by atoms with E-state index in [1.165, 1.54) is 11.6 Å². The van der Waals surface area contributed by atoms with E-state index in [-0.39, 0.29) is 23.7 Å². The summed E-state index contributed by atoms with van der Waals surface area (Å²) in [6.07, 6.45) is 0.825. The molecule has 0 fully saturated rings. The van der Waals surface area contributed by atoms with E-state index in [2.05, 4.69) is 13.8 Å². The van der Waals surface area contributed by atoms with Crippen molar-refractivity contribution in [2.75, 3.05) is 0 Å². The quantitative estimate of drug-likeness (QED) is 0.801. The summed E-state index contributed by atoms with van der Waals surface area (Å²) in [4.78, 5) is 14.3. The Balaban J connectivity index is 2.35. The van der Waals surface area contributed by atoms with Gasteiger partial charge < -0.3 is 4.90 Å². The molecule has 1 aromatic rings. The van der Waals surface area contributed by atoms with Crippen LogP contribution in [0.3, 0.4) is 0 Å². The number of hydrogen-bond donors (Lipinski definition) is 0. The van der Waals surface area contributed by atoms with Crippen molar-refractivity contribution in [3.8, 4) is 0 Å². The predicted octanol–water partition coefficient (Wildman–Crippen LogP) is 3.39. The van der Waals surface area contributed by atoms with Crippen LogP contribution in [0.1, 0.15) is 38.8 Å². The normalized spacial score (nSPS) is 18.9. The summed E-state index contributed by atoms with van der Waals surface area (Å²) in [6.45, 7) is 8.65. The Morgan fingerprint density at radius 1 is 1.26 bits per heavy atom. The summed E-state index contributed by atoms with van der Waals surface area (Å²) in [5, 5.41) is 0. The van der Waals surface area contributed by atoms with Gasteiger partial charge in [-0.25, -0.2) is 4.39 Å². The monoisotopic (exact) mass is 263 g/mol. The van der Waals surface area contributed by atoms with Gasteiger partial charge in [0.05, 0.1) is 0 Å². The Morgan fingerprint density at radius 2 is 1.95 bits per heavy atom. The van der Waals surface area contributed by atoms with Crippen LogP contribution in [0.4, 0.5) is 4.39 Å². The van der Waals surface area contributed by atoms with E-state index in [1.807, 2.05) is 24.8 Å². The molecule has 0 bridgehead atoms. The third kappa shape index (κ3) is 2.80. The van der Waals surface area contributed by atoms with E-state index in [4.69, 9.17) is 0 Å². The van der Waals surface area contributed by atoms with Crippen LogP contribution >= 0.6 is 0 Å². The van der Waals surface area contributed by atoms with Crippen LogP contribution in [0.15, 0.2) is 18.2 Å². The zero-order valence-corrected chi connectivity index (χ0v) is 12.1. The molecule has 1 aliphatic heterocycles. The van der Waals surface area contributed by atoms with E-state index in [0.717, 1.165) is 12.0 Å². The lowest BCUT2D eigenvalue weighted by Gasteiger charge is -2.40. The number of amides is 1. The maximum atomic E-state index is 13.3. The predicted molar refractivity (Wildman–Crippen MR) is 74.1 cm³/mol. The Kier molecular flexibility index (Phi) is 3.93. The smallest absolute Gasteiger partial charge is 0.225 e. The fourth-order valence-electron chi connectivity index (χ4n) is 2.75. The lowest BCUT2D eigenvalue weighted by molar-refractivity contribution is -0.139. The highest BCUT2D eigenvalue weighted by atomic mass is 19.1. The molecule has 0 saturated heterocycles. The van der Waals surface area contributed by atoms with Crippen molar-refractivity contribution in [2.24, 2.45) is 11.8 Å². The van der Waals surface area contributed by atoms with Crippen LogP contribution in [-0.4, -0.2) is 16.8 Å². The average Bonchev–Trinajstić information content (AvgIpc) is 2.35. The van der Waals surface area contributed by atoms with Crippen LogP contribution in [0, 0.1) is 17.7 Å². The average molecular weight is 263 g/mol. The minimum Gasteiger partial charge on any atom is -0.335 e. The minimum atomic E-state index is -0.223. The van der Waals surface area contributed by atoms with Crippen molar-refractivity contribution in [3.05, 3.63) is 35.1 Å². The van der Waals surface area contributed by atoms with Crippen molar-refractivity contribution in [1.82, 2.24) is 4.90 Å². The SMILES string of the molecule is CC(C)C(=O)N1Cc2cc(F)ccc2CC1C(C)C. The van der Waals surface area contributed by atoms with Crippen molar-refractivity contribution in [2.45, 2.75) is 46.7 Å². The van der Waals surface area contributed by atoms with Gasteiger partial charge in [-0.1, -0.05) is 33.8 Å². The molecule has 104 valence electrons. The summed E-state index contributed by atoms with van der Waals surface area (Å²) in [6, 6.07) is 5.15. The zero-order chi connectivity index (χ0) is 14.2. The molecule has 19 heavy (non-hydrogen) atoms. The van der Waals surface area contributed by atoms with Crippen LogP contribution in [0.2, 0.25) is 0 Å². The van der Waals surface area contributed by atoms with Crippen LogP contribution in [-0.2, 0) is 17.8 Å². The van der Waals surface area contributed by atoms with Gasteiger partial charge in [-0.05, 0) is 35.6 Å². The van der Waals surface area contributed by atoms with Gasteiger partial charge in [-0.3, -0.25) is 4.79 Å². The van der Waals surface area contributed by atoms with Gasteiger partial charge >= 0.3 is 0 Å². The van der Waals surface area contributed by atoms with Gasteiger partial charge in [-0.2, -0.15) is 0 Å². The lowest BCUT2D eigenvalue weighted by Crippen LogP contribution is -2.48. The van der Waals surface area contributed by atoms with E-state index < -0.39 is 0 Å². The second kappa shape index (κ2) is 5.32. The number of benzene rings is 1. The fraction of sp³-hybridized carbons (Fsp3) is 0.562. The molecule has 1 amide bonds. The molecule has 1 atom stereocenters. The minimum absolute atomic E-state index is 0.0173. The Morgan fingerprint density at radius 3 is 2.53 bits per heavy atom. The van der Waals surface area contributed by atoms with Crippen LogP contribution < -0.4 is 0 Å². The summed E-state index contributed by atoms with van der Waals surface area (Å²) in [5.74, 6) is 0.324. The van der Waals surface area contributed by atoms with Gasteiger partial charge in [0.2, 0.25) is 5.91 Å². The van der Waals surface area contributed by atoms with Gasteiger partial charge in [-0.15, -0.1) is 0 Å². The van der Waals surface area contributed by atoms with Crippen molar-refractivity contribution in [1.29, 1.82) is 0 Å². The summed E-state index contributed by atoms with van der Waals surface area (Å²) >= 11 is 0. The zero-order valence-electron chi connectivity index (χ0n) is 12.1. The highest BCUT2D eigenvalue weighted by molar-refractivity contribution is 5.78. The highest BCUT2D eigenvalue weighted by Gasteiger charge is 2.32. The molecule has 1 aromatic carbocycles. The molecule has 1 heterocycles. The van der Waals surface area contributed by atoms with Crippen LogP contribution in [0.5, 0.6) is 0 Å². The van der Waals surface area contributed by atoms with E-state index >= 15 is 0 Å². The number of rotatable bonds is 2. The molecule has 0 saturated carbocycles. The first-order chi connectivity index (χ1) is 8.90. The number of carbonyl (C=O) groups excluding carboxylic acids is 1.